The van der Waals surface area contributed by atoms with Crippen molar-refractivity contribution in [2.24, 2.45) is 0 Å². The normalized spacial score (nSPS) is 14.0. The van der Waals surface area contributed by atoms with Crippen LogP contribution in [-0.2, 0) is 34.5 Å². The van der Waals surface area contributed by atoms with Crippen LogP contribution in [-0.4, -0.2) is 85.0 Å². The molecule has 1 fully saturated rings. The van der Waals surface area contributed by atoms with E-state index in [-0.39, 0.29) is 23.1 Å². The monoisotopic (exact) mass is 858 g/mol. The summed E-state index contributed by atoms with van der Waals surface area (Å²) in [4.78, 5) is 61.3. The Balaban J connectivity index is 1.22. The molecule has 16 nitrogen and oxygen atoms in total. The summed E-state index contributed by atoms with van der Waals surface area (Å²) in [6.07, 6.45) is -3.37. The summed E-state index contributed by atoms with van der Waals surface area (Å²) >= 11 is 6.00. The number of esters is 1. The first-order valence-electron chi connectivity index (χ1n) is 16.4. The van der Waals surface area contributed by atoms with E-state index in [1.807, 2.05) is 5.32 Å². The SMILES string of the molecule is COC(=O)[C@H](CNC(=O)C(=O)Nc1cccc(S(=O)(=O)C(F)(F)F)c1)NC(=O)c1ccc(Nc2nc(NC3(c4ccc(Cl)cc4)CC3)nc(OCC(F)(F)F)n2)cc1. The first-order chi connectivity index (χ1) is 27.2. The number of rotatable bonds is 14. The highest BCUT2D eigenvalue weighted by Crippen LogP contribution is 2.48. The van der Waals surface area contributed by atoms with Gasteiger partial charge in [-0.15, -0.1) is 0 Å². The zero-order chi connectivity index (χ0) is 42.5. The lowest BCUT2D eigenvalue weighted by Gasteiger charge is -2.19. The van der Waals surface area contributed by atoms with Gasteiger partial charge in [-0.05, 0) is 73.0 Å². The molecule has 1 aliphatic carbocycles. The van der Waals surface area contributed by atoms with Gasteiger partial charge in [-0.1, -0.05) is 29.8 Å². The molecule has 1 saturated carbocycles. The standard InChI is InChI=1S/C34H29ClF6N8O8S/c1-56-28(53)24(16-42-26(51)27(52)43-22-3-2-4-23(15-22)58(54,55)34(39,40)41)45-25(50)18-5-11-21(12-6-18)44-29-46-30(48-31(47-29)57-17-33(36,37)38)49-32(13-14-32)19-7-9-20(35)10-8-19/h2-12,15,24H,13-14,16-17H2,1H3,(H,42,51)(H,43,52)(H,45,50)(H2,44,46,47,48,49)/t24-/m0/s1. The molecule has 0 unspecified atom stereocenters. The van der Waals surface area contributed by atoms with Crippen LogP contribution in [0.4, 0.5) is 49.6 Å². The van der Waals surface area contributed by atoms with Gasteiger partial charge in [-0.25, -0.2) is 13.2 Å². The Morgan fingerprint density at radius 3 is 2.12 bits per heavy atom. The molecule has 58 heavy (non-hydrogen) atoms. The van der Waals surface area contributed by atoms with Gasteiger partial charge in [0.25, 0.3) is 15.7 Å². The zero-order valence-electron chi connectivity index (χ0n) is 29.5. The number of alkyl halides is 6. The van der Waals surface area contributed by atoms with Crippen LogP contribution in [0.15, 0.2) is 77.7 Å². The maximum atomic E-state index is 13.0. The van der Waals surface area contributed by atoms with E-state index in [0.29, 0.717) is 30.0 Å². The Bertz CT molecular complexity index is 2300. The molecule has 5 N–H and O–H groups in total. The van der Waals surface area contributed by atoms with Gasteiger partial charge < -0.3 is 36.1 Å². The number of methoxy groups -OCH3 is 1. The van der Waals surface area contributed by atoms with Gasteiger partial charge in [-0.2, -0.15) is 41.3 Å². The highest BCUT2D eigenvalue weighted by atomic mass is 35.5. The molecule has 3 aromatic carbocycles. The summed E-state index contributed by atoms with van der Waals surface area (Å²) in [7, 11) is -4.78. The van der Waals surface area contributed by atoms with E-state index in [9.17, 15) is 53.9 Å². The van der Waals surface area contributed by atoms with E-state index in [4.69, 9.17) is 16.3 Å². The van der Waals surface area contributed by atoms with Gasteiger partial charge in [-0.3, -0.25) is 14.4 Å². The number of hydrogen-bond donors (Lipinski definition) is 5. The number of nitrogens with one attached hydrogen (secondary N) is 5. The Hall–Kier alpha value is -6.23. The van der Waals surface area contributed by atoms with Crippen LogP contribution in [0, 0.1) is 0 Å². The molecule has 1 atom stereocenters. The summed E-state index contributed by atoms with van der Waals surface area (Å²) in [5.41, 5.74) is -5.65. The molecule has 24 heteroatoms. The second kappa shape index (κ2) is 17.1. The van der Waals surface area contributed by atoms with E-state index in [1.165, 1.54) is 24.3 Å². The lowest BCUT2D eigenvalue weighted by atomic mass is 10.1. The number of amides is 3. The molecule has 1 aromatic heterocycles. The second-order valence-corrected chi connectivity index (χ2v) is 14.7. The number of anilines is 4. The van der Waals surface area contributed by atoms with E-state index >= 15 is 0 Å². The van der Waals surface area contributed by atoms with Crippen molar-refractivity contribution in [2.45, 2.75) is 41.0 Å². The number of sulfone groups is 1. The molecular formula is C34H29ClF6N8O8S. The average Bonchev–Trinajstić information content (AvgIpc) is 3.95. The predicted octanol–water partition coefficient (Wildman–Crippen LogP) is 4.63. The van der Waals surface area contributed by atoms with Crippen molar-refractivity contribution in [3.8, 4) is 6.01 Å². The maximum Gasteiger partial charge on any atom is 0.501 e. The molecule has 4 aromatic rings. The van der Waals surface area contributed by atoms with E-state index in [1.54, 1.807) is 24.3 Å². The third kappa shape index (κ3) is 11.0. The van der Waals surface area contributed by atoms with Crippen LogP contribution in [0.2, 0.25) is 5.02 Å². The molecule has 308 valence electrons. The number of carbonyl (C=O) groups excluding carboxylic acids is 4. The minimum atomic E-state index is -5.76. The molecule has 0 radical (unpaired) electrons. The Morgan fingerprint density at radius 1 is 0.862 bits per heavy atom. The number of hydrogen-bond acceptors (Lipinski definition) is 13. The average molecular weight is 859 g/mol. The smallest absolute Gasteiger partial charge is 0.467 e. The zero-order valence-corrected chi connectivity index (χ0v) is 31.1. The van der Waals surface area contributed by atoms with Gasteiger partial charge >= 0.3 is 35.5 Å². The molecule has 0 aliphatic heterocycles. The van der Waals surface area contributed by atoms with Crippen molar-refractivity contribution in [1.82, 2.24) is 25.6 Å². The number of nitrogens with zero attached hydrogens (tertiary/aromatic N) is 3. The lowest BCUT2D eigenvalue weighted by Crippen LogP contribution is -2.50. The number of benzene rings is 3. The summed E-state index contributed by atoms with van der Waals surface area (Å²) < 4.78 is 110. The van der Waals surface area contributed by atoms with Crippen molar-refractivity contribution in [2.75, 3.05) is 36.2 Å². The van der Waals surface area contributed by atoms with E-state index < -0.39 is 86.5 Å². The van der Waals surface area contributed by atoms with Crippen molar-refractivity contribution in [1.29, 1.82) is 0 Å². The van der Waals surface area contributed by atoms with E-state index in [2.05, 4.69) is 41.0 Å². The largest absolute Gasteiger partial charge is 0.501 e. The van der Waals surface area contributed by atoms with Crippen LogP contribution in [0.5, 0.6) is 6.01 Å². The van der Waals surface area contributed by atoms with Crippen molar-refractivity contribution < 1.29 is 63.4 Å². The molecule has 3 amide bonds. The molecule has 1 heterocycles. The van der Waals surface area contributed by atoms with Gasteiger partial charge in [0.15, 0.2) is 6.61 Å². The highest BCUT2D eigenvalue weighted by molar-refractivity contribution is 7.92. The van der Waals surface area contributed by atoms with Gasteiger partial charge in [0.1, 0.15) is 6.04 Å². The van der Waals surface area contributed by atoms with Crippen LogP contribution in [0.1, 0.15) is 28.8 Å². The lowest BCUT2D eigenvalue weighted by molar-refractivity contribution is -0.154. The summed E-state index contributed by atoms with van der Waals surface area (Å²) in [5.74, 6) is -5.10. The molecule has 0 spiro atoms. The molecular weight excluding hydrogens is 830 g/mol. The number of aromatic nitrogens is 3. The second-order valence-electron chi connectivity index (χ2n) is 12.3. The fourth-order valence-electron chi connectivity index (χ4n) is 5.02. The van der Waals surface area contributed by atoms with Crippen LogP contribution in [0.25, 0.3) is 0 Å². The van der Waals surface area contributed by atoms with Gasteiger partial charge in [0, 0.05) is 28.5 Å². The maximum absolute atomic E-state index is 13.0. The fourth-order valence-corrected chi connectivity index (χ4v) is 5.95. The summed E-state index contributed by atoms with van der Waals surface area (Å²) in [5, 5.41) is 12.7. The molecule has 0 saturated heterocycles. The van der Waals surface area contributed by atoms with Gasteiger partial charge in [0.2, 0.25) is 11.9 Å². The topological polar surface area (TPSA) is 220 Å². The minimum absolute atomic E-state index is 0.0388. The predicted molar refractivity (Wildman–Crippen MR) is 192 cm³/mol. The third-order valence-corrected chi connectivity index (χ3v) is 9.79. The van der Waals surface area contributed by atoms with Crippen molar-refractivity contribution in [3.63, 3.8) is 0 Å². The minimum Gasteiger partial charge on any atom is -0.467 e. The van der Waals surface area contributed by atoms with Crippen LogP contribution < -0.4 is 31.3 Å². The first-order valence-corrected chi connectivity index (χ1v) is 18.3. The molecule has 0 bridgehead atoms. The van der Waals surface area contributed by atoms with Crippen molar-refractivity contribution >= 4 is 68.4 Å². The third-order valence-electron chi connectivity index (χ3n) is 8.05. The molecule has 5 rings (SSSR count). The van der Waals surface area contributed by atoms with Crippen LogP contribution >= 0.6 is 11.6 Å². The quantitative estimate of drug-likeness (QED) is 0.0665. The summed E-state index contributed by atoms with van der Waals surface area (Å²) in [6.45, 7) is -2.39. The number of halogens is 7. The Labute approximate surface area is 329 Å². The molecule has 1 aliphatic rings. The van der Waals surface area contributed by atoms with Gasteiger partial charge in [0.05, 0.1) is 17.5 Å². The first kappa shape index (κ1) is 42.9. The summed E-state index contributed by atoms with van der Waals surface area (Å²) in [6, 6.07) is 13.1. The van der Waals surface area contributed by atoms with E-state index in [0.717, 1.165) is 24.8 Å². The fraction of sp³-hybridized carbons (Fsp3) is 0.265. The number of ether oxygens (including phenoxy) is 2. The van der Waals surface area contributed by atoms with Crippen molar-refractivity contribution in [3.05, 3.63) is 88.9 Å². The number of carbonyl (C=O) groups is 4. The Morgan fingerprint density at radius 2 is 1.52 bits per heavy atom. The Kier molecular flexibility index (Phi) is 12.6. The van der Waals surface area contributed by atoms with Crippen LogP contribution in [0.3, 0.4) is 0 Å². The highest BCUT2D eigenvalue weighted by Gasteiger charge is 2.47.